The topological polar surface area (TPSA) is 68.0 Å². The van der Waals surface area contributed by atoms with Gasteiger partial charge in [-0.05, 0) is 34.4 Å². The lowest BCUT2D eigenvalue weighted by Crippen LogP contribution is -2.17. The number of hydrogen-bond acceptors (Lipinski definition) is 3. The first-order valence-electron chi connectivity index (χ1n) is 8.12. The summed E-state index contributed by atoms with van der Waals surface area (Å²) in [5.41, 5.74) is 11.7. The van der Waals surface area contributed by atoms with Crippen LogP contribution in [0.15, 0.2) is 78.0 Å². The molecule has 0 atom stereocenters. The molecule has 0 bridgehead atoms. The van der Waals surface area contributed by atoms with E-state index in [-0.39, 0.29) is 5.91 Å². The Morgan fingerprint density at radius 3 is 2.84 bits per heavy atom. The molecule has 0 saturated carbocycles. The minimum atomic E-state index is -0.155. The van der Waals surface area contributed by atoms with Gasteiger partial charge in [-0.25, -0.2) is 4.98 Å². The number of allylic oxidation sites excluding steroid dienone is 6. The highest BCUT2D eigenvalue weighted by Gasteiger charge is 2.21. The number of nitrogen functional groups attached to an aromatic ring is 1. The van der Waals surface area contributed by atoms with Crippen LogP contribution in [0.1, 0.15) is 17.5 Å². The molecule has 1 amide bonds. The number of nitrogens with one attached hydrogen (secondary N) is 1. The van der Waals surface area contributed by atoms with Gasteiger partial charge in [0, 0.05) is 18.2 Å². The Hall–Kier alpha value is -3.40. The number of hydrogen-bond donors (Lipinski definition) is 2. The predicted octanol–water partition coefficient (Wildman–Crippen LogP) is 3.97. The average Bonchev–Trinajstić information content (AvgIpc) is 2.82. The van der Waals surface area contributed by atoms with Gasteiger partial charge in [0.25, 0.3) is 5.91 Å². The summed E-state index contributed by atoms with van der Waals surface area (Å²) in [4.78, 5) is 16.6. The SMILES string of the molecule is Nc1ncccc1NC(=O)C1=CC=C2C(=CC=Cc3ccccc32)C1. The molecule has 1 heterocycles. The Balaban J connectivity index is 1.65. The number of carbonyl (C=O) groups is 1. The number of nitrogens with zero attached hydrogens (tertiary/aromatic N) is 1. The number of carbonyl (C=O) groups excluding carboxylic acids is 1. The Morgan fingerprint density at radius 2 is 1.96 bits per heavy atom. The van der Waals surface area contributed by atoms with Crippen molar-refractivity contribution in [3.8, 4) is 0 Å². The molecule has 0 fully saturated rings. The fourth-order valence-electron chi connectivity index (χ4n) is 3.10. The Kier molecular flexibility index (Phi) is 3.78. The quantitative estimate of drug-likeness (QED) is 0.877. The van der Waals surface area contributed by atoms with E-state index in [2.05, 4.69) is 34.6 Å². The smallest absolute Gasteiger partial charge is 0.252 e. The highest BCUT2D eigenvalue weighted by atomic mass is 16.1. The van der Waals surface area contributed by atoms with Crippen LogP contribution in [0.2, 0.25) is 0 Å². The third-order valence-electron chi connectivity index (χ3n) is 4.38. The van der Waals surface area contributed by atoms with E-state index in [0.29, 0.717) is 23.5 Å². The number of pyridine rings is 1. The van der Waals surface area contributed by atoms with Gasteiger partial charge in [-0.3, -0.25) is 4.79 Å². The van der Waals surface area contributed by atoms with Gasteiger partial charge in [0.1, 0.15) is 5.82 Å². The molecule has 4 nitrogen and oxygen atoms in total. The summed E-state index contributed by atoms with van der Waals surface area (Å²) in [5.74, 6) is 0.159. The van der Waals surface area contributed by atoms with E-state index in [0.717, 1.165) is 11.1 Å². The van der Waals surface area contributed by atoms with Crippen molar-refractivity contribution >= 4 is 29.1 Å². The average molecular weight is 327 g/mol. The fourth-order valence-corrected chi connectivity index (χ4v) is 3.10. The van der Waals surface area contributed by atoms with Crippen molar-refractivity contribution in [3.63, 3.8) is 0 Å². The van der Waals surface area contributed by atoms with E-state index in [4.69, 9.17) is 5.73 Å². The van der Waals surface area contributed by atoms with Gasteiger partial charge in [0.15, 0.2) is 0 Å². The highest BCUT2D eigenvalue weighted by molar-refractivity contribution is 6.07. The molecule has 0 saturated heterocycles. The summed E-state index contributed by atoms with van der Waals surface area (Å²) >= 11 is 0. The third-order valence-corrected chi connectivity index (χ3v) is 4.38. The summed E-state index contributed by atoms with van der Waals surface area (Å²) in [6.07, 6.45) is 12.3. The van der Waals surface area contributed by atoms with Gasteiger partial charge in [-0.1, -0.05) is 54.6 Å². The van der Waals surface area contributed by atoms with Crippen LogP contribution in [0.3, 0.4) is 0 Å². The number of fused-ring (bicyclic) bond motifs is 3. The van der Waals surface area contributed by atoms with Gasteiger partial charge in [0.05, 0.1) is 5.69 Å². The first-order chi connectivity index (χ1) is 12.2. The van der Waals surface area contributed by atoms with E-state index in [9.17, 15) is 4.79 Å². The van der Waals surface area contributed by atoms with Crippen molar-refractivity contribution in [3.05, 3.63) is 89.2 Å². The number of rotatable bonds is 2. The van der Waals surface area contributed by atoms with E-state index in [1.54, 1.807) is 18.3 Å². The Labute approximate surface area is 146 Å². The monoisotopic (exact) mass is 327 g/mol. The van der Waals surface area contributed by atoms with Gasteiger partial charge >= 0.3 is 0 Å². The number of amides is 1. The second-order valence-corrected chi connectivity index (χ2v) is 5.98. The van der Waals surface area contributed by atoms with Crippen LogP contribution >= 0.6 is 0 Å². The van der Waals surface area contributed by atoms with Crippen molar-refractivity contribution in [2.24, 2.45) is 0 Å². The lowest BCUT2D eigenvalue weighted by Gasteiger charge is -2.19. The maximum absolute atomic E-state index is 12.6. The minimum Gasteiger partial charge on any atom is -0.382 e. The van der Waals surface area contributed by atoms with Gasteiger partial charge in [-0.2, -0.15) is 0 Å². The number of aromatic nitrogens is 1. The van der Waals surface area contributed by atoms with Crippen molar-refractivity contribution < 1.29 is 4.79 Å². The van der Waals surface area contributed by atoms with Gasteiger partial charge in [-0.15, -0.1) is 0 Å². The molecule has 25 heavy (non-hydrogen) atoms. The molecule has 1 aromatic carbocycles. The van der Waals surface area contributed by atoms with Crippen molar-refractivity contribution in [2.45, 2.75) is 6.42 Å². The van der Waals surface area contributed by atoms with E-state index < -0.39 is 0 Å². The van der Waals surface area contributed by atoms with Crippen LogP contribution in [0.25, 0.3) is 11.6 Å². The fraction of sp³-hybridized carbons (Fsp3) is 0.0476. The van der Waals surface area contributed by atoms with E-state index >= 15 is 0 Å². The van der Waals surface area contributed by atoms with Crippen LogP contribution in [-0.4, -0.2) is 10.9 Å². The summed E-state index contributed by atoms with van der Waals surface area (Å²) < 4.78 is 0. The van der Waals surface area contributed by atoms with Crippen LogP contribution in [0, 0.1) is 0 Å². The Bertz CT molecular complexity index is 980. The largest absolute Gasteiger partial charge is 0.382 e. The standard InChI is InChI=1S/C21H17N3O/c22-20-19(9-4-12-23-20)24-21(25)16-10-11-18-15(13-16)7-3-6-14-5-1-2-8-17(14)18/h1-12H,13H2,(H2,22,23)(H,24,25). The molecule has 1 aromatic heterocycles. The lowest BCUT2D eigenvalue weighted by molar-refractivity contribution is -0.112. The lowest BCUT2D eigenvalue weighted by atomic mass is 9.87. The van der Waals surface area contributed by atoms with Crippen LogP contribution in [-0.2, 0) is 4.79 Å². The molecule has 4 heteroatoms. The molecule has 2 aliphatic rings. The zero-order valence-electron chi connectivity index (χ0n) is 13.6. The summed E-state index contributed by atoms with van der Waals surface area (Å²) in [5, 5.41) is 2.84. The van der Waals surface area contributed by atoms with Crippen LogP contribution in [0.4, 0.5) is 11.5 Å². The number of benzene rings is 1. The van der Waals surface area contributed by atoms with Crippen LogP contribution in [0.5, 0.6) is 0 Å². The van der Waals surface area contributed by atoms with Crippen molar-refractivity contribution in [1.29, 1.82) is 0 Å². The van der Waals surface area contributed by atoms with Crippen LogP contribution < -0.4 is 11.1 Å². The molecule has 4 rings (SSSR count). The molecule has 0 radical (unpaired) electrons. The van der Waals surface area contributed by atoms with Crippen molar-refractivity contribution in [2.75, 3.05) is 11.1 Å². The molecule has 122 valence electrons. The second kappa shape index (κ2) is 6.24. The molecule has 3 N–H and O–H groups in total. The molecular formula is C21H17N3O. The maximum atomic E-state index is 12.6. The summed E-state index contributed by atoms with van der Waals surface area (Å²) in [6.45, 7) is 0. The van der Waals surface area contributed by atoms with E-state index in [1.807, 2.05) is 30.4 Å². The first kappa shape index (κ1) is 15.1. The Morgan fingerprint density at radius 1 is 1.08 bits per heavy atom. The number of nitrogens with two attached hydrogens (primary N) is 1. The predicted molar refractivity (Wildman–Crippen MR) is 102 cm³/mol. The summed E-state index contributed by atoms with van der Waals surface area (Å²) in [6, 6.07) is 11.8. The number of anilines is 2. The maximum Gasteiger partial charge on any atom is 0.252 e. The van der Waals surface area contributed by atoms with E-state index in [1.165, 1.54) is 11.1 Å². The molecule has 2 aliphatic carbocycles. The second-order valence-electron chi connectivity index (χ2n) is 5.98. The molecule has 0 spiro atoms. The zero-order chi connectivity index (χ0) is 17.2. The highest BCUT2D eigenvalue weighted by Crippen LogP contribution is 2.36. The third kappa shape index (κ3) is 2.90. The summed E-state index contributed by atoms with van der Waals surface area (Å²) in [7, 11) is 0. The van der Waals surface area contributed by atoms with Gasteiger partial charge in [0.2, 0.25) is 0 Å². The van der Waals surface area contributed by atoms with Crippen molar-refractivity contribution in [1.82, 2.24) is 4.98 Å². The first-order valence-corrected chi connectivity index (χ1v) is 8.12. The zero-order valence-corrected chi connectivity index (χ0v) is 13.6. The minimum absolute atomic E-state index is 0.155. The van der Waals surface area contributed by atoms with Gasteiger partial charge < -0.3 is 11.1 Å². The molecule has 0 unspecified atom stereocenters. The molecule has 0 aliphatic heterocycles. The molecular weight excluding hydrogens is 310 g/mol. The molecule has 2 aromatic rings. The normalized spacial score (nSPS) is 15.1.